The Morgan fingerprint density at radius 3 is 2.91 bits per heavy atom. The number of aryl methyl sites for hydroxylation is 1. The zero-order valence-electron chi connectivity index (χ0n) is 12.9. The van der Waals surface area contributed by atoms with Gasteiger partial charge in [0.05, 0.1) is 5.69 Å². The fourth-order valence-electron chi connectivity index (χ4n) is 2.82. The van der Waals surface area contributed by atoms with Crippen LogP contribution >= 0.6 is 15.9 Å². The summed E-state index contributed by atoms with van der Waals surface area (Å²) in [7, 11) is 2.12. The van der Waals surface area contributed by atoms with Crippen LogP contribution in [0.15, 0.2) is 35.2 Å². The highest BCUT2D eigenvalue weighted by Gasteiger charge is 2.26. The molecule has 1 fully saturated rings. The molecule has 2 aromatic rings. The first-order valence-electron chi connectivity index (χ1n) is 7.46. The Hall–Kier alpha value is -1.53. The molecule has 6 heteroatoms. The minimum atomic E-state index is 0.491. The number of pyridine rings is 1. The van der Waals surface area contributed by atoms with Gasteiger partial charge in [0, 0.05) is 55.2 Å². The van der Waals surface area contributed by atoms with Gasteiger partial charge in [0.15, 0.2) is 0 Å². The molecule has 3 heterocycles. The van der Waals surface area contributed by atoms with Crippen molar-refractivity contribution in [2.24, 2.45) is 0 Å². The van der Waals surface area contributed by atoms with Crippen LogP contribution in [0.25, 0.3) is 0 Å². The number of rotatable bonds is 4. The monoisotopic (exact) mass is 361 g/mol. The first kappa shape index (κ1) is 15.4. The molecular formula is C16H20BrN5. The van der Waals surface area contributed by atoms with Crippen LogP contribution in [-0.2, 0) is 6.54 Å². The number of hydrogen-bond acceptors (Lipinski definition) is 5. The predicted molar refractivity (Wildman–Crippen MR) is 90.8 cm³/mol. The van der Waals surface area contributed by atoms with Crippen molar-refractivity contribution in [1.82, 2.24) is 19.9 Å². The van der Waals surface area contributed by atoms with Gasteiger partial charge in [-0.15, -0.1) is 0 Å². The van der Waals surface area contributed by atoms with Gasteiger partial charge in [-0.3, -0.25) is 9.88 Å². The van der Waals surface area contributed by atoms with Crippen molar-refractivity contribution in [3.63, 3.8) is 0 Å². The van der Waals surface area contributed by atoms with Gasteiger partial charge >= 0.3 is 0 Å². The van der Waals surface area contributed by atoms with Gasteiger partial charge in [-0.1, -0.05) is 0 Å². The highest BCUT2D eigenvalue weighted by molar-refractivity contribution is 9.10. The van der Waals surface area contributed by atoms with Crippen molar-refractivity contribution in [2.75, 3.05) is 25.0 Å². The first-order chi connectivity index (χ1) is 10.6. The van der Waals surface area contributed by atoms with Crippen LogP contribution in [0.5, 0.6) is 0 Å². The molecule has 2 aromatic heterocycles. The highest BCUT2D eigenvalue weighted by Crippen LogP contribution is 2.21. The summed E-state index contributed by atoms with van der Waals surface area (Å²) in [5, 5.41) is 0. The van der Waals surface area contributed by atoms with E-state index in [1.807, 2.05) is 25.3 Å². The van der Waals surface area contributed by atoms with Crippen LogP contribution in [0, 0.1) is 6.92 Å². The van der Waals surface area contributed by atoms with E-state index >= 15 is 0 Å². The third-order valence-corrected chi connectivity index (χ3v) is 4.59. The largest absolute Gasteiger partial charge is 0.355 e. The number of anilines is 1. The van der Waals surface area contributed by atoms with E-state index in [2.05, 4.69) is 53.8 Å². The number of halogens is 1. The Balaban J connectivity index is 1.61. The van der Waals surface area contributed by atoms with Crippen LogP contribution in [0.3, 0.4) is 0 Å². The number of hydrogen-bond donors (Lipinski definition) is 0. The van der Waals surface area contributed by atoms with Gasteiger partial charge in [-0.05, 0) is 41.4 Å². The summed E-state index contributed by atoms with van der Waals surface area (Å²) in [4.78, 5) is 17.7. The van der Waals surface area contributed by atoms with Gasteiger partial charge in [-0.25, -0.2) is 9.97 Å². The van der Waals surface area contributed by atoms with Crippen LogP contribution in [0.1, 0.15) is 17.8 Å². The van der Waals surface area contributed by atoms with E-state index < -0.39 is 0 Å². The van der Waals surface area contributed by atoms with Gasteiger partial charge in [0.25, 0.3) is 0 Å². The quantitative estimate of drug-likeness (QED) is 0.837. The van der Waals surface area contributed by atoms with Gasteiger partial charge in [0.1, 0.15) is 12.1 Å². The zero-order chi connectivity index (χ0) is 15.5. The highest BCUT2D eigenvalue weighted by atomic mass is 79.9. The molecule has 1 aliphatic heterocycles. The molecule has 22 heavy (non-hydrogen) atoms. The summed E-state index contributed by atoms with van der Waals surface area (Å²) in [5.74, 6) is 1.00. The smallest absolute Gasteiger partial charge is 0.132 e. The Labute approximate surface area is 139 Å². The zero-order valence-corrected chi connectivity index (χ0v) is 14.5. The fraction of sp³-hybridized carbons (Fsp3) is 0.438. The summed E-state index contributed by atoms with van der Waals surface area (Å²) in [6.07, 6.45) is 4.65. The summed E-state index contributed by atoms with van der Waals surface area (Å²) >= 11 is 3.42. The van der Waals surface area contributed by atoms with Crippen molar-refractivity contribution in [1.29, 1.82) is 0 Å². The molecule has 5 nitrogen and oxygen atoms in total. The molecule has 0 N–H and O–H groups in total. The van der Waals surface area contributed by atoms with Crippen molar-refractivity contribution >= 4 is 21.7 Å². The van der Waals surface area contributed by atoms with E-state index in [9.17, 15) is 0 Å². The lowest BCUT2D eigenvalue weighted by atomic mass is 10.2. The molecule has 0 amide bonds. The van der Waals surface area contributed by atoms with Crippen molar-refractivity contribution < 1.29 is 0 Å². The Morgan fingerprint density at radius 2 is 2.18 bits per heavy atom. The Kier molecular flexibility index (Phi) is 4.69. The number of nitrogens with zero attached hydrogens (tertiary/aromatic N) is 5. The third-order valence-electron chi connectivity index (χ3n) is 4.12. The molecule has 3 rings (SSSR count). The Morgan fingerprint density at radius 1 is 1.32 bits per heavy atom. The lowest BCUT2D eigenvalue weighted by Crippen LogP contribution is -2.35. The molecular weight excluding hydrogens is 342 g/mol. The van der Waals surface area contributed by atoms with Crippen LogP contribution in [0.2, 0.25) is 0 Å². The van der Waals surface area contributed by atoms with Crippen molar-refractivity contribution in [3.05, 3.63) is 46.6 Å². The average Bonchev–Trinajstić information content (AvgIpc) is 2.97. The Bertz CT molecular complexity index is 631. The van der Waals surface area contributed by atoms with E-state index in [0.717, 1.165) is 47.7 Å². The molecule has 0 aromatic carbocycles. The number of aromatic nitrogens is 3. The standard InChI is InChI=1S/C16H20BrN5/c1-12-7-16(20-11-19-12)21(2)15-5-6-22(10-15)9-14-4-3-13(17)8-18-14/h3-4,7-8,11,15H,5-6,9-10H2,1-2H3. The molecule has 116 valence electrons. The van der Waals surface area contributed by atoms with Gasteiger partial charge in [-0.2, -0.15) is 0 Å². The van der Waals surface area contributed by atoms with Crippen LogP contribution < -0.4 is 4.90 Å². The minimum Gasteiger partial charge on any atom is -0.355 e. The topological polar surface area (TPSA) is 45.2 Å². The van der Waals surface area contributed by atoms with E-state index in [0.29, 0.717) is 6.04 Å². The maximum Gasteiger partial charge on any atom is 0.132 e. The number of likely N-dealkylation sites (N-methyl/N-ethyl adjacent to an activating group) is 1. The van der Waals surface area contributed by atoms with Gasteiger partial charge in [0.2, 0.25) is 0 Å². The summed E-state index contributed by atoms with van der Waals surface area (Å²) in [6, 6.07) is 6.66. The third kappa shape index (κ3) is 3.62. The van der Waals surface area contributed by atoms with Crippen molar-refractivity contribution in [2.45, 2.75) is 25.9 Å². The lowest BCUT2D eigenvalue weighted by molar-refractivity contribution is 0.321. The molecule has 1 saturated heterocycles. The van der Waals surface area contributed by atoms with E-state index in [4.69, 9.17) is 0 Å². The number of likely N-dealkylation sites (tertiary alicyclic amines) is 1. The maximum absolute atomic E-state index is 4.46. The molecule has 0 aliphatic carbocycles. The van der Waals surface area contributed by atoms with E-state index in [-0.39, 0.29) is 0 Å². The molecule has 0 spiro atoms. The average molecular weight is 362 g/mol. The lowest BCUT2D eigenvalue weighted by Gasteiger charge is -2.26. The van der Waals surface area contributed by atoms with Crippen LogP contribution in [0.4, 0.5) is 5.82 Å². The second kappa shape index (κ2) is 6.71. The first-order valence-corrected chi connectivity index (χ1v) is 8.25. The normalized spacial score (nSPS) is 18.6. The van der Waals surface area contributed by atoms with Crippen molar-refractivity contribution in [3.8, 4) is 0 Å². The fourth-order valence-corrected chi connectivity index (χ4v) is 3.06. The molecule has 1 aliphatic rings. The van der Waals surface area contributed by atoms with Gasteiger partial charge < -0.3 is 4.90 Å². The predicted octanol–water partition coefficient (Wildman–Crippen LogP) is 2.65. The summed E-state index contributed by atoms with van der Waals surface area (Å²) in [6.45, 7) is 5.04. The summed E-state index contributed by atoms with van der Waals surface area (Å²) in [5.41, 5.74) is 2.12. The molecule has 0 bridgehead atoms. The van der Waals surface area contributed by atoms with E-state index in [1.54, 1.807) is 6.33 Å². The molecule has 1 unspecified atom stereocenters. The van der Waals surface area contributed by atoms with E-state index in [1.165, 1.54) is 0 Å². The molecule has 0 radical (unpaired) electrons. The molecule has 0 saturated carbocycles. The minimum absolute atomic E-state index is 0.491. The maximum atomic E-state index is 4.46. The second-order valence-corrected chi connectivity index (χ2v) is 6.69. The SMILES string of the molecule is Cc1cc(N(C)C2CCN(Cc3ccc(Br)cn3)C2)ncn1. The molecule has 1 atom stereocenters. The van der Waals surface area contributed by atoms with Crippen LogP contribution in [-0.4, -0.2) is 46.0 Å². The summed E-state index contributed by atoms with van der Waals surface area (Å²) < 4.78 is 1.02. The second-order valence-electron chi connectivity index (χ2n) is 5.77.